The Morgan fingerprint density at radius 1 is 0.743 bits per heavy atom. The number of nitrogens with zero attached hydrogens (tertiary/aromatic N) is 4. The highest BCUT2D eigenvalue weighted by Gasteiger charge is 2.25. The highest BCUT2D eigenvalue weighted by Crippen LogP contribution is 2.38. The lowest BCUT2D eigenvalue weighted by atomic mass is 9.92. The third-order valence-corrected chi connectivity index (χ3v) is 12.4. The maximum Gasteiger partial charge on any atom is 0.309 e. The van der Waals surface area contributed by atoms with Crippen LogP contribution in [0.25, 0.3) is 16.0 Å². The summed E-state index contributed by atoms with van der Waals surface area (Å²) < 4.78 is 25.2. The van der Waals surface area contributed by atoms with Crippen LogP contribution in [0.3, 0.4) is 0 Å². The maximum absolute atomic E-state index is 11.9. The number of nitriles is 1. The molecule has 16 heteroatoms. The van der Waals surface area contributed by atoms with E-state index in [4.69, 9.17) is 48.7 Å². The van der Waals surface area contributed by atoms with Gasteiger partial charge in [-0.2, -0.15) is 5.26 Å². The zero-order valence-electron chi connectivity index (χ0n) is 39.1. The van der Waals surface area contributed by atoms with Gasteiger partial charge in [0.2, 0.25) is 5.69 Å². The van der Waals surface area contributed by atoms with E-state index in [1.54, 1.807) is 48.8 Å². The van der Waals surface area contributed by atoms with Crippen molar-refractivity contribution in [3.05, 3.63) is 181 Å². The Balaban J connectivity index is 1.21. The largest absolute Gasteiger partial charge is 0.511 e. The molecule has 362 valence electrons. The highest BCUT2D eigenvalue weighted by atomic mass is 35.5. The first-order chi connectivity index (χ1) is 33.6. The first-order valence-electron chi connectivity index (χ1n) is 22.3. The fourth-order valence-corrected chi connectivity index (χ4v) is 8.26. The molecule has 5 N–H and O–H groups in total. The molecule has 0 saturated carbocycles. The van der Waals surface area contributed by atoms with E-state index in [2.05, 4.69) is 32.8 Å². The number of halogens is 2. The van der Waals surface area contributed by atoms with Gasteiger partial charge in [0.1, 0.15) is 61.3 Å². The average Bonchev–Trinajstić information content (AvgIpc) is 3.33. The van der Waals surface area contributed by atoms with Gasteiger partial charge in [0.15, 0.2) is 0 Å². The van der Waals surface area contributed by atoms with Crippen molar-refractivity contribution in [1.82, 2.24) is 15.3 Å². The van der Waals surface area contributed by atoms with Crippen molar-refractivity contribution < 1.29 is 44.2 Å². The molecular weight excluding hydrogens is 934 g/mol. The van der Waals surface area contributed by atoms with Crippen LogP contribution in [0, 0.1) is 37.7 Å². The van der Waals surface area contributed by atoms with E-state index >= 15 is 0 Å². The quantitative estimate of drug-likeness (QED) is 0.0300. The van der Waals surface area contributed by atoms with Crippen LogP contribution in [0.15, 0.2) is 110 Å². The minimum atomic E-state index is -1.10. The van der Waals surface area contributed by atoms with Crippen LogP contribution >= 0.6 is 23.2 Å². The first-order valence-corrected chi connectivity index (χ1v) is 23.0. The molecule has 0 aliphatic heterocycles. The molecule has 14 nitrogen and oxygen atoms in total. The van der Waals surface area contributed by atoms with E-state index in [9.17, 15) is 30.5 Å². The number of hydrogen-bond donors (Lipinski definition) is 5. The predicted molar refractivity (Wildman–Crippen MR) is 266 cm³/mol. The number of carboxylic acids is 1. The predicted octanol–water partition coefficient (Wildman–Crippen LogP) is 10.7. The van der Waals surface area contributed by atoms with Gasteiger partial charge < -0.3 is 44.7 Å². The van der Waals surface area contributed by atoms with Gasteiger partial charge in [-0.15, -0.1) is 0 Å². The molecule has 0 aliphatic carbocycles. The van der Waals surface area contributed by atoms with Gasteiger partial charge in [-0.1, -0.05) is 66.2 Å². The summed E-state index contributed by atoms with van der Waals surface area (Å²) in [6.07, 6.45) is 4.53. The second-order valence-electron chi connectivity index (χ2n) is 16.8. The molecule has 0 bridgehead atoms. The summed E-state index contributed by atoms with van der Waals surface area (Å²) >= 11 is 13.6. The van der Waals surface area contributed by atoms with Gasteiger partial charge in [-0.25, -0.2) is 4.85 Å². The Morgan fingerprint density at radius 3 is 1.79 bits per heavy atom. The molecule has 0 radical (unpaired) electrons. The van der Waals surface area contributed by atoms with Crippen molar-refractivity contribution in [2.24, 2.45) is 5.92 Å². The fraction of sp³-hybridized carbons (Fsp3) is 0.278. The summed E-state index contributed by atoms with van der Waals surface area (Å²) in [7, 11) is 0. The van der Waals surface area contributed by atoms with Crippen LogP contribution in [0.2, 0.25) is 10.0 Å². The van der Waals surface area contributed by atoms with Crippen LogP contribution in [-0.2, 0) is 44.2 Å². The molecule has 70 heavy (non-hydrogen) atoms. The number of aromatic nitrogens is 2. The molecule has 6 aromatic rings. The minimum Gasteiger partial charge on any atom is -0.511 e. The standard InChI is InChI=1S/C54H53Cl2N5O9/c1-31-40(29-69-51-19-49(67-28-38-16-43(58-6)26-60-24-38)39(17-47(51)55)13-14-46(33(3)62)54(65)66)9-7-11-44(31)45-12-8-10-41(32(45)2)30-70-52-20-50(68-27-37-15-36(21-57)22-59-23-37)42(18-48(52)56)25-61-53(34(4)63)35(5)64/h7-12,15-20,22-24,26,33,35,46,53,61-64H,4,13-14,25,27-30H2,1-3,5H3,(H,65,66). The molecule has 4 aromatic carbocycles. The topological polar surface area (TPSA) is 201 Å². The van der Waals surface area contributed by atoms with Gasteiger partial charge in [0.25, 0.3) is 0 Å². The number of pyridine rings is 2. The Labute approximate surface area is 417 Å². The fourth-order valence-electron chi connectivity index (χ4n) is 7.78. The Bertz CT molecular complexity index is 2740. The van der Waals surface area contributed by atoms with Crippen LogP contribution in [0.5, 0.6) is 23.0 Å². The molecule has 0 spiro atoms. The molecule has 0 saturated heterocycles. The summed E-state index contributed by atoms with van der Waals surface area (Å²) in [4.78, 5) is 23.6. The van der Waals surface area contributed by atoms with Crippen molar-refractivity contribution >= 4 is 34.9 Å². The van der Waals surface area contributed by atoms with E-state index in [1.807, 2.05) is 50.2 Å². The average molecular weight is 987 g/mol. The van der Waals surface area contributed by atoms with Crippen molar-refractivity contribution in [2.45, 2.75) is 91.8 Å². The van der Waals surface area contributed by atoms with Gasteiger partial charge in [-0.05, 0) is 109 Å². The number of aliphatic carboxylic acids is 1. The number of aliphatic hydroxyl groups excluding tert-OH is 3. The molecule has 2 aromatic heterocycles. The third kappa shape index (κ3) is 13.5. The van der Waals surface area contributed by atoms with Crippen LogP contribution in [-0.4, -0.2) is 54.6 Å². The number of benzene rings is 4. The highest BCUT2D eigenvalue weighted by molar-refractivity contribution is 6.32. The number of aryl methyl sites for hydroxylation is 1. The lowest BCUT2D eigenvalue weighted by molar-refractivity contribution is -0.145. The van der Waals surface area contributed by atoms with Gasteiger partial charge >= 0.3 is 5.97 Å². The summed E-state index contributed by atoms with van der Waals surface area (Å²) in [5.41, 5.74) is 9.07. The Hall–Kier alpha value is -7.17. The zero-order chi connectivity index (χ0) is 50.5. The van der Waals surface area contributed by atoms with Gasteiger partial charge in [0, 0.05) is 54.6 Å². The summed E-state index contributed by atoms with van der Waals surface area (Å²) in [5, 5.41) is 53.2. The van der Waals surface area contributed by atoms with Crippen LogP contribution in [0.1, 0.15) is 70.3 Å². The Kier molecular flexibility index (Phi) is 18.2. The third-order valence-electron chi connectivity index (χ3n) is 11.8. The SMILES string of the molecule is [C-]#[N+]c1cncc(COc2cc(OCc3cccc(-c4cccc(COc5cc(OCc6cncc(C#N)c6)c(CNC(C(=C)O)C(C)O)cc5Cl)c4C)c3C)c(Cl)cc2CCC(C(=O)O)C(C)O)c1. The molecule has 4 unspecified atom stereocenters. The molecule has 6 rings (SSSR count). The first kappa shape index (κ1) is 52.2. The lowest BCUT2D eigenvalue weighted by Gasteiger charge is -2.22. The number of carboxylic acid groups (broad SMARTS) is 1. The van der Waals surface area contributed by atoms with Crippen LogP contribution in [0.4, 0.5) is 5.69 Å². The number of hydrogen-bond acceptors (Lipinski definition) is 12. The van der Waals surface area contributed by atoms with E-state index in [1.165, 1.54) is 26.2 Å². The Morgan fingerprint density at radius 2 is 1.27 bits per heavy atom. The van der Waals surface area contributed by atoms with Gasteiger partial charge in [-0.3, -0.25) is 14.8 Å². The number of aliphatic hydroxyl groups is 3. The summed E-state index contributed by atoms with van der Waals surface area (Å²) in [6.45, 7) is 18.6. The van der Waals surface area contributed by atoms with Gasteiger partial charge in [0.05, 0.1) is 46.3 Å². The second-order valence-corrected chi connectivity index (χ2v) is 17.6. The monoisotopic (exact) mass is 985 g/mol. The van der Waals surface area contributed by atoms with Crippen molar-refractivity contribution in [3.63, 3.8) is 0 Å². The van der Waals surface area contributed by atoms with E-state index in [-0.39, 0.29) is 51.6 Å². The minimum absolute atomic E-state index is 0.0772. The number of rotatable bonds is 23. The van der Waals surface area contributed by atoms with Crippen molar-refractivity contribution in [2.75, 3.05) is 0 Å². The van der Waals surface area contributed by atoms with Crippen LogP contribution < -0.4 is 24.3 Å². The zero-order valence-corrected chi connectivity index (χ0v) is 40.6. The summed E-state index contributed by atoms with van der Waals surface area (Å²) in [6, 6.07) is 23.3. The molecule has 4 atom stereocenters. The molecule has 2 heterocycles. The number of nitrogens with one attached hydrogen (secondary N) is 1. The second kappa shape index (κ2) is 24.4. The van der Waals surface area contributed by atoms with E-state index in [0.717, 1.165) is 33.4 Å². The molecule has 0 fully saturated rings. The van der Waals surface area contributed by atoms with E-state index < -0.39 is 30.1 Å². The maximum atomic E-state index is 11.9. The van der Waals surface area contributed by atoms with Crippen molar-refractivity contribution in [3.8, 4) is 40.2 Å². The smallest absolute Gasteiger partial charge is 0.309 e. The van der Waals surface area contributed by atoms with Crippen molar-refractivity contribution in [1.29, 1.82) is 5.26 Å². The molecule has 0 amide bonds. The molecular formula is C54H53Cl2N5O9. The summed E-state index contributed by atoms with van der Waals surface area (Å²) in [5.74, 6) is -0.780. The number of ether oxygens (including phenoxy) is 4. The number of carbonyl (C=O) groups is 1. The lowest BCUT2D eigenvalue weighted by Crippen LogP contribution is -2.39. The molecule has 0 aliphatic rings. The van der Waals surface area contributed by atoms with E-state index in [0.29, 0.717) is 66.5 Å². The normalized spacial score (nSPS) is 12.7.